The third-order valence-electron chi connectivity index (χ3n) is 4.47. The van der Waals surface area contributed by atoms with Gasteiger partial charge in [0.25, 0.3) is 5.91 Å². The second-order valence-electron chi connectivity index (χ2n) is 6.59. The second-order valence-corrected chi connectivity index (χ2v) is 6.59. The molecule has 4 heteroatoms. The highest BCUT2D eigenvalue weighted by molar-refractivity contribution is 6.09. The van der Waals surface area contributed by atoms with Crippen molar-refractivity contribution in [3.8, 4) is 0 Å². The van der Waals surface area contributed by atoms with Gasteiger partial charge in [-0.1, -0.05) is 37.3 Å². The van der Waals surface area contributed by atoms with Crippen molar-refractivity contribution in [3.05, 3.63) is 65.2 Å². The van der Waals surface area contributed by atoms with Gasteiger partial charge in [-0.25, -0.2) is 0 Å². The van der Waals surface area contributed by atoms with Crippen LogP contribution in [0.2, 0.25) is 0 Å². The number of hydrogen-bond acceptors (Lipinski definition) is 3. The fraction of sp³-hybridized carbons (Fsp3) is 0.333. The minimum absolute atomic E-state index is 0.0228. The molecule has 0 radical (unpaired) electrons. The van der Waals surface area contributed by atoms with Crippen LogP contribution < -0.4 is 4.90 Å². The maximum absolute atomic E-state index is 12.6. The van der Waals surface area contributed by atoms with E-state index in [2.05, 4.69) is 0 Å². The van der Waals surface area contributed by atoms with Crippen molar-refractivity contribution in [2.24, 2.45) is 0 Å². The molecule has 0 spiro atoms. The number of anilines is 1. The molecular weight excluding hydrogens is 314 g/mol. The Morgan fingerprint density at radius 1 is 1.12 bits per heavy atom. The molecule has 2 aromatic rings. The van der Waals surface area contributed by atoms with Crippen LogP contribution in [0.3, 0.4) is 0 Å². The van der Waals surface area contributed by atoms with E-state index in [-0.39, 0.29) is 23.9 Å². The molecule has 0 bridgehead atoms. The first-order valence-corrected chi connectivity index (χ1v) is 8.71. The number of ether oxygens (including phenoxy) is 1. The van der Waals surface area contributed by atoms with Gasteiger partial charge in [-0.3, -0.25) is 9.59 Å². The number of benzene rings is 2. The first-order valence-electron chi connectivity index (χ1n) is 8.71. The molecule has 1 amide bonds. The van der Waals surface area contributed by atoms with Crippen molar-refractivity contribution in [2.45, 2.75) is 45.8 Å². The summed E-state index contributed by atoms with van der Waals surface area (Å²) in [4.78, 5) is 26.6. The van der Waals surface area contributed by atoms with Crippen molar-refractivity contribution >= 4 is 17.6 Å². The molecule has 2 aromatic carbocycles. The summed E-state index contributed by atoms with van der Waals surface area (Å²) in [5.41, 5.74) is 3.57. The summed E-state index contributed by atoms with van der Waals surface area (Å²) in [7, 11) is 0. The van der Waals surface area contributed by atoms with Crippen LogP contribution in [0.15, 0.2) is 48.5 Å². The SMILES string of the molecule is CCC(C(=O)OC(C)C)c1ccc(N2Cc3ccccc3C2=O)cc1. The van der Waals surface area contributed by atoms with Crippen molar-refractivity contribution < 1.29 is 14.3 Å². The van der Waals surface area contributed by atoms with E-state index in [0.29, 0.717) is 13.0 Å². The summed E-state index contributed by atoms with van der Waals surface area (Å²) in [5.74, 6) is -0.451. The van der Waals surface area contributed by atoms with Crippen LogP contribution in [0, 0.1) is 0 Å². The largest absolute Gasteiger partial charge is 0.463 e. The number of rotatable bonds is 5. The highest BCUT2D eigenvalue weighted by Crippen LogP contribution is 2.30. The molecule has 0 saturated carbocycles. The van der Waals surface area contributed by atoms with Crippen LogP contribution in [0.5, 0.6) is 0 Å². The average Bonchev–Trinajstić information content (AvgIpc) is 2.93. The Kier molecular flexibility index (Phi) is 4.88. The van der Waals surface area contributed by atoms with Crippen molar-refractivity contribution in [1.29, 1.82) is 0 Å². The zero-order valence-corrected chi connectivity index (χ0v) is 14.9. The van der Waals surface area contributed by atoms with Crippen LogP contribution in [-0.4, -0.2) is 18.0 Å². The second kappa shape index (κ2) is 7.09. The Labute approximate surface area is 148 Å². The lowest BCUT2D eigenvalue weighted by Gasteiger charge is -2.19. The monoisotopic (exact) mass is 337 g/mol. The fourth-order valence-corrected chi connectivity index (χ4v) is 3.20. The minimum atomic E-state index is -0.275. The number of esters is 1. The van der Waals surface area contributed by atoms with Crippen LogP contribution in [0.4, 0.5) is 5.69 Å². The molecule has 0 aliphatic carbocycles. The molecular formula is C21H23NO3. The van der Waals surface area contributed by atoms with E-state index in [1.54, 1.807) is 4.90 Å². The Hall–Kier alpha value is -2.62. The van der Waals surface area contributed by atoms with Crippen LogP contribution in [-0.2, 0) is 16.1 Å². The zero-order chi connectivity index (χ0) is 18.0. The number of amides is 1. The maximum Gasteiger partial charge on any atom is 0.313 e. The number of fused-ring (bicyclic) bond motifs is 1. The number of hydrogen-bond donors (Lipinski definition) is 0. The van der Waals surface area contributed by atoms with E-state index in [1.165, 1.54) is 0 Å². The molecule has 0 fully saturated rings. The highest BCUT2D eigenvalue weighted by atomic mass is 16.5. The third-order valence-corrected chi connectivity index (χ3v) is 4.47. The summed E-state index contributed by atoms with van der Waals surface area (Å²) in [6.07, 6.45) is 0.556. The number of nitrogens with zero attached hydrogens (tertiary/aromatic N) is 1. The standard InChI is InChI=1S/C21H23NO3/c1-4-18(21(24)25-14(2)3)15-9-11-17(12-10-15)22-13-16-7-5-6-8-19(16)20(22)23/h5-12,14,18H,4,13H2,1-3H3. The summed E-state index contributed by atoms with van der Waals surface area (Å²) in [6, 6.07) is 15.3. The summed E-state index contributed by atoms with van der Waals surface area (Å²) in [5, 5.41) is 0. The number of carbonyl (C=O) groups is 2. The van der Waals surface area contributed by atoms with E-state index >= 15 is 0 Å². The predicted octanol–water partition coefficient (Wildman–Crippen LogP) is 4.29. The molecule has 1 atom stereocenters. The Morgan fingerprint density at radius 2 is 1.80 bits per heavy atom. The lowest BCUT2D eigenvalue weighted by atomic mass is 9.96. The normalized spacial score (nSPS) is 14.6. The quantitative estimate of drug-likeness (QED) is 0.765. The molecule has 130 valence electrons. The van der Waals surface area contributed by atoms with E-state index in [0.717, 1.165) is 22.4 Å². The molecule has 1 aliphatic heterocycles. The predicted molar refractivity (Wildman–Crippen MR) is 97.7 cm³/mol. The van der Waals surface area contributed by atoms with Gasteiger partial charge >= 0.3 is 5.97 Å². The molecule has 25 heavy (non-hydrogen) atoms. The molecule has 0 N–H and O–H groups in total. The van der Waals surface area contributed by atoms with Gasteiger partial charge in [0, 0.05) is 11.3 Å². The number of carbonyl (C=O) groups excluding carboxylic acids is 2. The molecule has 0 saturated heterocycles. The van der Waals surface area contributed by atoms with Crippen molar-refractivity contribution in [1.82, 2.24) is 0 Å². The lowest BCUT2D eigenvalue weighted by molar-refractivity contribution is -0.149. The van der Waals surface area contributed by atoms with Crippen LogP contribution in [0.25, 0.3) is 0 Å². The third kappa shape index (κ3) is 3.43. The highest BCUT2D eigenvalue weighted by Gasteiger charge is 2.28. The Balaban J connectivity index is 1.79. The Morgan fingerprint density at radius 3 is 2.40 bits per heavy atom. The van der Waals surface area contributed by atoms with Crippen molar-refractivity contribution in [3.63, 3.8) is 0 Å². The fourth-order valence-electron chi connectivity index (χ4n) is 3.20. The minimum Gasteiger partial charge on any atom is -0.463 e. The van der Waals surface area contributed by atoms with E-state index in [9.17, 15) is 9.59 Å². The van der Waals surface area contributed by atoms with E-state index in [1.807, 2.05) is 69.3 Å². The first-order chi connectivity index (χ1) is 12.0. The lowest BCUT2D eigenvalue weighted by Crippen LogP contribution is -2.23. The van der Waals surface area contributed by atoms with Crippen molar-refractivity contribution in [2.75, 3.05) is 4.90 Å². The molecule has 1 aliphatic rings. The van der Waals surface area contributed by atoms with Crippen LogP contribution in [0.1, 0.15) is 54.6 Å². The van der Waals surface area contributed by atoms with Crippen LogP contribution >= 0.6 is 0 Å². The van der Waals surface area contributed by atoms with Gasteiger partial charge in [-0.2, -0.15) is 0 Å². The van der Waals surface area contributed by atoms with Gasteiger partial charge in [-0.15, -0.1) is 0 Å². The maximum atomic E-state index is 12.6. The van der Waals surface area contributed by atoms with E-state index in [4.69, 9.17) is 4.74 Å². The topological polar surface area (TPSA) is 46.6 Å². The van der Waals surface area contributed by atoms with Gasteiger partial charge in [0.05, 0.1) is 18.6 Å². The molecule has 3 rings (SSSR count). The zero-order valence-electron chi connectivity index (χ0n) is 14.9. The molecule has 1 heterocycles. The van der Waals surface area contributed by atoms with Gasteiger partial charge in [0.1, 0.15) is 0 Å². The average molecular weight is 337 g/mol. The smallest absolute Gasteiger partial charge is 0.313 e. The summed E-state index contributed by atoms with van der Waals surface area (Å²) < 4.78 is 5.34. The van der Waals surface area contributed by atoms with Gasteiger partial charge in [0.2, 0.25) is 0 Å². The van der Waals surface area contributed by atoms with Gasteiger partial charge < -0.3 is 9.64 Å². The molecule has 1 unspecified atom stereocenters. The Bertz CT molecular complexity index is 780. The first kappa shape index (κ1) is 17.2. The summed E-state index contributed by atoms with van der Waals surface area (Å²) in [6.45, 7) is 6.26. The summed E-state index contributed by atoms with van der Waals surface area (Å²) >= 11 is 0. The van der Waals surface area contributed by atoms with Gasteiger partial charge in [-0.05, 0) is 49.6 Å². The molecule has 0 aromatic heterocycles. The molecule has 4 nitrogen and oxygen atoms in total. The van der Waals surface area contributed by atoms with Gasteiger partial charge in [0.15, 0.2) is 0 Å². The van der Waals surface area contributed by atoms with E-state index < -0.39 is 0 Å².